The van der Waals surface area contributed by atoms with Gasteiger partial charge in [0.2, 0.25) is 0 Å². The summed E-state index contributed by atoms with van der Waals surface area (Å²) >= 11 is 4.75. The molecule has 0 spiro atoms. The van der Waals surface area contributed by atoms with Crippen LogP contribution >= 0.6 is 27.3 Å². The summed E-state index contributed by atoms with van der Waals surface area (Å²) in [6, 6.07) is 5.73. The van der Waals surface area contributed by atoms with E-state index in [-0.39, 0.29) is 5.56 Å². The van der Waals surface area contributed by atoms with Crippen molar-refractivity contribution < 1.29 is 20.1 Å². The van der Waals surface area contributed by atoms with Crippen LogP contribution in [0.3, 0.4) is 0 Å². The molecule has 4 N–H and O–H groups in total. The number of thiophene rings is 1. The quantitative estimate of drug-likeness (QED) is 0.385. The monoisotopic (exact) mass is 356 g/mol. The highest BCUT2D eigenvalue weighted by Gasteiger charge is 2.12. The zero-order chi connectivity index (χ0) is 14.7. The number of hydrogen-bond acceptors (Lipinski definition) is 6. The largest absolute Gasteiger partial charge is 0.504 e. The van der Waals surface area contributed by atoms with Gasteiger partial charge in [0.1, 0.15) is 0 Å². The van der Waals surface area contributed by atoms with Crippen LogP contribution in [-0.4, -0.2) is 27.4 Å². The highest BCUT2D eigenvalue weighted by atomic mass is 79.9. The molecule has 104 valence electrons. The molecular formula is C12H9BrN2O4S. The Kier molecular flexibility index (Phi) is 4.26. The van der Waals surface area contributed by atoms with Gasteiger partial charge in [0.15, 0.2) is 17.2 Å². The third-order valence-corrected chi connectivity index (χ3v) is 3.84. The van der Waals surface area contributed by atoms with E-state index in [0.29, 0.717) is 0 Å². The van der Waals surface area contributed by atoms with Crippen molar-refractivity contribution in [2.24, 2.45) is 5.10 Å². The SMILES string of the molecule is O=C(N/N=C/c1ccc(Br)s1)c1cc(O)c(O)c(O)c1. The number of hydrogen-bond donors (Lipinski definition) is 4. The van der Waals surface area contributed by atoms with Crippen LogP contribution in [0.5, 0.6) is 17.2 Å². The second-order valence-electron chi connectivity index (χ2n) is 3.70. The molecule has 0 radical (unpaired) electrons. The molecule has 0 saturated carbocycles. The fourth-order valence-corrected chi connectivity index (χ4v) is 2.65. The molecule has 2 rings (SSSR count). The van der Waals surface area contributed by atoms with Crippen molar-refractivity contribution in [3.05, 3.63) is 38.5 Å². The third kappa shape index (κ3) is 3.28. The highest BCUT2D eigenvalue weighted by molar-refractivity contribution is 9.11. The minimum absolute atomic E-state index is 0.0256. The average Bonchev–Trinajstić information content (AvgIpc) is 2.81. The maximum Gasteiger partial charge on any atom is 0.271 e. The summed E-state index contributed by atoms with van der Waals surface area (Å²) in [6.07, 6.45) is 1.47. The first-order chi connectivity index (χ1) is 9.47. The van der Waals surface area contributed by atoms with Crippen molar-refractivity contribution in [1.82, 2.24) is 5.43 Å². The zero-order valence-electron chi connectivity index (χ0n) is 9.87. The minimum atomic E-state index is -0.673. The van der Waals surface area contributed by atoms with Crippen LogP contribution in [0.1, 0.15) is 15.2 Å². The van der Waals surface area contributed by atoms with E-state index < -0.39 is 23.2 Å². The predicted octanol–water partition coefficient (Wildman–Crippen LogP) is 2.39. The van der Waals surface area contributed by atoms with Crippen LogP contribution in [0, 0.1) is 0 Å². The Morgan fingerprint density at radius 3 is 2.45 bits per heavy atom. The van der Waals surface area contributed by atoms with E-state index in [0.717, 1.165) is 20.8 Å². The molecule has 8 heteroatoms. The van der Waals surface area contributed by atoms with E-state index in [2.05, 4.69) is 26.5 Å². The molecule has 1 aromatic heterocycles. The standard InChI is InChI=1S/C12H9BrN2O4S/c13-10-2-1-7(20-10)5-14-15-12(19)6-3-8(16)11(18)9(17)4-6/h1-5,16-18H,(H,15,19)/b14-5+. The van der Waals surface area contributed by atoms with E-state index in [1.807, 2.05) is 12.1 Å². The van der Waals surface area contributed by atoms with Crippen molar-refractivity contribution in [3.8, 4) is 17.2 Å². The molecule has 0 unspecified atom stereocenters. The first kappa shape index (κ1) is 14.4. The van der Waals surface area contributed by atoms with Crippen LogP contribution in [0.4, 0.5) is 0 Å². The maximum atomic E-state index is 11.7. The van der Waals surface area contributed by atoms with Gasteiger partial charge in [0, 0.05) is 10.4 Å². The number of nitrogens with zero attached hydrogens (tertiary/aromatic N) is 1. The Balaban J connectivity index is 2.07. The van der Waals surface area contributed by atoms with Crippen LogP contribution < -0.4 is 5.43 Å². The summed E-state index contributed by atoms with van der Waals surface area (Å²) in [7, 11) is 0. The van der Waals surface area contributed by atoms with Gasteiger partial charge in [-0.15, -0.1) is 11.3 Å². The number of carbonyl (C=O) groups is 1. The second-order valence-corrected chi connectivity index (χ2v) is 6.20. The number of hydrazone groups is 1. The summed E-state index contributed by atoms with van der Waals surface area (Å²) < 4.78 is 0.943. The first-order valence-corrected chi connectivity index (χ1v) is 6.92. The Morgan fingerprint density at radius 2 is 1.90 bits per heavy atom. The van der Waals surface area contributed by atoms with Crippen molar-refractivity contribution >= 4 is 39.4 Å². The molecule has 0 aliphatic rings. The fourth-order valence-electron chi connectivity index (χ4n) is 1.35. The van der Waals surface area contributed by atoms with Crippen LogP contribution in [0.15, 0.2) is 33.2 Å². The summed E-state index contributed by atoms with van der Waals surface area (Å²) in [5.41, 5.74) is 2.22. The Bertz CT molecular complexity index is 661. The zero-order valence-corrected chi connectivity index (χ0v) is 12.3. The predicted molar refractivity (Wildman–Crippen MR) is 78.5 cm³/mol. The number of nitrogens with one attached hydrogen (secondary N) is 1. The van der Waals surface area contributed by atoms with Crippen molar-refractivity contribution in [2.45, 2.75) is 0 Å². The highest BCUT2D eigenvalue weighted by Crippen LogP contribution is 2.35. The second kappa shape index (κ2) is 5.93. The fraction of sp³-hybridized carbons (Fsp3) is 0. The number of phenols is 3. The number of benzene rings is 1. The van der Waals surface area contributed by atoms with Crippen LogP contribution in [-0.2, 0) is 0 Å². The van der Waals surface area contributed by atoms with Crippen molar-refractivity contribution in [1.29, 1.82) is 0 Å². The number of carbonyl (C=O) groups excluding carboxylic acids is 1. The maximum absolute atomic E-state index is 11.7. The van der Waals surface area contributed by atoms with Gasteiger partial charge in [-0.1, -0.05) is 0 Å². The Hall–Kier alpha value is -2.06. The molecule has 1 amide bonds. The van der Waals surface area contributed by atoms with E-state index in [1.54, 1.807) is 0 Å². The van der Waals surface area contributed by atoms with E-state index >= 15 is 0 Å². The number of phenolic OH excluding ortho intramolecular Hbond substituents is 3. The summed E-state index contributed by atoms with van der Waals surface area (Å²) in [4.78, 5) is 12.6. The molecular weight excluding hydrogens is 348 g/mol. The lowest BCUT2D eigenvalue weighted by molar-refractivity contribution is 0.0954. The van der Waals surface area contributed by atoms with Gasteiger partial charge in [-0.3, -0.25) is 4.79 Å². The van der Waals surface area contributed by atoms with Gasteiger partial charge < -0.3 is 15.3 Å². The van der Waals surface area contributed by atoms with E-state index in [9.17, 15) is 20.1 Å². The normalized spacial score (nSPS) is 10.8. The lowest BCUT2D eigenvalue weighted by atomic mass is 10.2. The first-order valence-electron chi connectivity index (χ1n) is 5.31. The molecule has 2 aromatic rings. The summed E-state index contributed by atoms with van der Waals surface area (Å²) in [6.45, 7) is 0. The third-order valence-electron chi connectivity index (χ3n) is 2.28. The van der Waals surface area contributed by atoms with Gasteiger partial charge in [0.05, 0.1) is 10.0 Å². The molecule has 20 heavy (non-hydrogen) atoms. The van der Waals surface area contributed by atoms with E-state index in [4.69, 9.17) is 0 Å². The molecule has 0 bridgehead atoms. The number of amides is 1. The molecule has 0 aliphatic carbocycles. The summed E-state index contributed by atoms with van der Waals surface area (Å²) in [5, 5.41) is 31.5. The Labute approximate surface area is 126 Å². The number of rotatable bonds is 3. The smallest absolute Gasteiger partial charge is 0.271 e. The lowest BCUT2D eigenvalue weighted by Gasteiger charge is -2.04. The topological polar surface area (TPSA) is 102 Å². The molecule has 0 saturated heterocycles. The molecule has 0 fully saturated rings. The van der Waals surface area contributed by atoms with Gasteiger partial charge in [0.25, 0.3) is 5.91 Å². The van der Waals surface area contributed by atoms with Gasteiger partial charge in [-0.05, 0) is 40.2 Å². The Morgan fingerprint density at radius 1 is 1.25 bits per heavy atom. The number of aromatic hydroxyl groups is 3. The van der Waals surface area contributed by atoms with Crippen molar-refractivity contribution in [2.75, 3.05) is 0 Å². The minimum Gasteiger partial charge on any atom is -0.504 e. The average molecular weight is 357 g/mol. The lowest BCUT2D eigenvalue weighted by Crippen LogP contribution is -2.17. The molecule has 0 aliphatic heterocycles. The van der Waals surface area contributed by atoms with Gasteiger partial charge in [-0.2, -0.15) is 5.10 Å². The molecule has 1 heterocycles. The van der Waals surface area contributed by atoms with Gasteiger partial charge >= 0.3 is 0 Å². The van der Waals surface area contributed by atoms with Crippen LogP contribution in [0.2, 0.25) is 0 Å². The molecule has 0 atom stereocenters. The van der Waals surface area contributed by atoms with Gasteiger partial charge in [-0.25, -0.2) is 5.43 Å². The van der Waals surface area contributed by atoms with Crippen LogP contribution in [0.25, 0.3) is 0 Å². The van der Waals surface area contributed by atoms with E-state index in [1.165, 1.54) is 17.6 Å². The molecule has 1 aromatic carbocycles. The summed E-state index contributed by atoms with van der Waals surface area (Å²) in [5.74, 6) is -2.46. The molecule has 6 nitrogen and oxygen atoms in total. The van der Waals surface area contributed by atoms with Crippen molar-refractivity contribution in [3.63, 3.8) is 0 Å². The number of halogens is 1.